The van der Waals surface area contributed by atoms with Crippen LogP contribution in [0, 0.1) is 0 Å². The quantitative estimate of drug-likeness (QED) is 0.935. The number of hydrogen-bond acceptors (Lipinski definition) is 6. The molecular weight excluding hydrogens is 272 g/mol. The molecule has 5 nitrogen and oxygen atoms in total. The van der Waals surface area contributed by atoms with Gasteiger partial charge >= 0.3 is 0 Å². The molecule has 0 spiro atoms. The Balaban J connectivity index is 1.71. The second kappa shape index (κ2) is 6.30. The van der Waals surface area contributed by atoms with Crippen molar-refractivity contribution in [3.05, 3.63) is 40.5 Å². The third-order valence-electron chi connectivity index (χ3n) is 3.41. The normalized spacial score (nSPS) is 19.9. The minimum atomic E-state index is -0.0152. The lowest BCUT2D eigenvalue weighted by Crippen LogP contribution is -2.38. The SMILES string of the molecule is CNc1nccnc1[C@@H]1CN(Cc2ccsc2)CCO1. The molecule has 1 N–H and O–H groups in total. The van der Waals surface area contributed by atoms with Gasteiger partial charge in [0, 0.05) is 39.1 Å². The van der Waals surface area contributed by atoms with Crippen LogP contribution in [0.3, 0.4) is 0 Å². The van der Waals surface area contributed by atoms with Crippen LogP contribution in [-0.4, -0.2) is 41.6 Å². The largest absolute Gasteiger partial charge is 0.372 e. The van der Waals surface area contributed by atoms with Crippen molar-refractivity contribution in [3.8, 4) is 0 Å². The first-order valence-electron chi connectivity index (χ1n) is 6.70. The van der Waals surface area contributed by atoms with Crippen molar-refractivity contribution >= 4 is 17.2 Å². The lowest BCUT2D eigenvalue weighted by atomic mass is 10.2. The van der Waals surface area contributed by atoms with E-state index >= 15 is 0 Å². The highest BCUT2D eigenvalue weighted by Gasteiger charge is 2.25. The van der Waals surface area contributed by atoms with E-state index < -0.39 is 0 Å². The van der Waals surface area contributed by atoms with Gasteiger partial charge in [-0.1, -0.05) is 0 Å². The molecule has 6 heteroatoms. The summed E-state index contributed by atoms with van der Waals surface area (Å²) in [7, 11) is 1.86. The Kier molecular flexibility index (Phi) is 4.25. The van der Waals surface area contributed by atoms with Crippen LogP contribution in [0.1, 0.15) is 17.4 Å². The zero-order chi connectivity index (χ0) is 13.8. The fraction of sp³-hybridized carbons (Fsp3) is 0.429. The van der Waals surface area contributed by atoms with Crippen molar-refractivity contribution in [3.63, 3.8) is 0 Å². The highest BCUT2D eigenvalue weighted by molar-refractivity contribution is 7.07. The standard InChI is InChI=1S/C14H18N4OS/c1-15-14-13(16-3-4-17-14)12-9-18(5-6-19-12)8-11-2-7-20-10-11/h2-4,7,10,12H,5-6,8-9H2,1H3,(H,15,17)/t12-/m0/s1. The molecule has 2 aromatic rings. The average Bonchev–Trinajstić information content (AvgIpc) is 3.00. The fourth-order valence-corrected chi connectivity index (χ4v) is 3.09. The number of nitrogens with zero attached hydrogens (tertiary/aromatic N) is 3. The van der Waals surface area contributed by atoms with Crippen LogP contribution >= 0.6 is 11.3 Å². The molecule has 3 heterocycles. The zero-order valence-corrected chi connectivity index (χ0v) is 12.3. The van der Waals surface area contributed by atoms with Gasteiger partial charge in [-0.25, -0.2) is 4.98 Å². The van der Waals surface area contributed by atoms with E-state index in [0.29, 0.717) is 0 Å². The number of morpholine rings is 1. The van der Waals surface area contributed by atoms with E-state index in [-0.39, 0.29) is 6.10 Å². The van der Waals surface area contributed by atoms with E-state index in [1.165, 1.54) is 5.56 Å². The maximum Gasteiger partial charge on any atom is 0.150 e. The predicted molar refractivity (Wildman–Crippen MR) is 79.9 cm³/mol. The van der Waals surface area contributed by atoms with Gasteiger partial charge in [0.2, 0.25) is 0 Å². The number of ether oxygens (including phenoxy) is 1. The van der Waals surface area contributed by atoms with Crippen LogP contribution in [0.15, 0.2) is 29.2 Å². The van der Waals surface area contributed by atoms with Crippen LogP contribution < -0.4 is 5.32 Å². The van der Waals surface area contributed by atoms with Crippen LogP contribution in [0.4, 0.5) is 5.82 Å². The fourth-order valence-electron chi connectivity index (χ4n) is 2.43. The summed E-state index contributed by atoms with van der Waals surface area (Å²) in [6.07, 6.45) is 3.40. The van der Waals surface area contributed by atoms with Crippen molar-refractivity contribution in [2.45, 2.75) is 12.6 Å². The van der Waals surface area contributed by atoms with Gasteiger partial charge < -0.3 is 10.1 Å². The summed E-state index contributed by atoms with van der Waals surface area (Å²) in [6, 6.07) is 2.18. The summed E-state index contributed by atoms with van der Waals surface area (Å²) in [6.45, 7) is 3.51. The predicted octanol–water partition coefficient (Wildman–Crippen LogP) is 2.15. The van der Waals surface area contributed by atoms with Crippen LogP contribution in [0.25, 0.3) is 0 Å². The molecule has 3 rings (SSSR count). The first-order valence-corrected chi connectivity index (χ1v) is 7.65. The lowest BCUT2D eigenvalue weighted by Gasteiger charge is -2.32. The first-order chi connectivity index (χ1) is 9.86. The monoisotopic (exact) mass is 290 g/mol. The van der Waals surface area contributed by atoms with E-state index in [1.807, 2.05) is 7.05 Å². The van der Waals surface area contributed by atoms with Crippen LogP contribution in [-0.2, 0) is 11.3 Å². The lowest BCUT2D eigenvalue weighted by molar-refractivity contribution is -0.0347. The second-order valence-electron chi connectivity index (χ2n) is 4.77. The third kappa shape index (κ3) is 2.98. The molecule has 1 atom stereocenters. The van der Waals surface area contributed by atoms with E-state index in [1.54, 1.807) is 23.7 Å². The minimum absolute atomic E-state index is 0.0152. The topological polar surface area (TPSA) is 50.3 Å². The summed E-state index contributed by atoms with van der Waals surface area (Å²) in [5.74, 6) is 0.801. The van der Waals surface area contributed by atoms with Gasteiger partial charge in [-0.3, -0.25) is 9.88 Å². The molecule has 0 aromatic carbocycles. The highest BCUT2D eigenvalue weighted by atomic mass is 32.1. The van der Waals surface area contributed by atoms with Crippen LogP contribution in [0.5, 0.6) is 0 Å². The molecular formula is C14H18N4OS. The maximum atomic E-state index is 5.87. The Labute approximate surface area is 122 Å². The number of aromatic nitrogens is 2. The zero-order valence-electron chi connectivity index (χ0n) is 11.5. The summed E-state index contributed by atoms with van der Waals surface area (Å²) >= 11 is 1.74. The Bertz CT molecular complexity index is 546. The molecule has 1 saturated heterocycles. The molecule has 106 valence electrons. The molecule has 1 aliphatic heterocycles. The van der Waals surface area contributed by atoms with Gasteiger partial charge in [-0.05, 0) is 22.4 Å². The average molecular weight is 290 g/mol. The maximum absolute atomic E-state index is 5.87. The Morgan fingerprint density at radius 1 is 1.45 bits per heavy atom. The molecule has 20 heavy (non-hydrogen) atoms. The molecule has 1 fully saturated rings. The second-order valence-corrected chi connectivity index (χ2v) is 5.55. The number of thiophene rings is 1. The van der Waals surface area contributed by atoms with Crippen molar-refractivity contribution in [1.29, 1.82) is 0 Å². The molecule has 0 unspecified atom stereocenters. The number of anilines is 1. The smallest absolute Gasteiger partial charge is 0.150 e. The third-order valence-corrected chi connectivity index (χ3v) is 4.14. The molecule has 2 aromatic heterocycles. The van der Waals surface area contributed by atoms with Gasteiger partial charge in [0.25, 0.3) is 0 Å². The molecule has 0 bridgehead atoms. The van der Waals surface area contributed by atoms with E-state index in [0.717, 1.165) is 37.8 Å². The Hall–Kier alpha value is -1.50. The number of rotatable bonds is 4. The molecule has 0 saturated carbocycles. The molecule has 1 aliphatic rings. The highest BCUT2D eigenvalue weighted by Crippen LogP contribution is 2.25. The van der Waals surface area contributed by atoms with Gasteiger partial charge in [-0.2, -0.15) is 11.3 Å². The number of nitrogens with one attached hydrogen (secondary N) is 1. The van der Waals surface area contributed by atoms with Gasteiger partial charge in [0.05, 0.1) is 6.61 Å². The first kappa shape index (κ1) is 13.5. The number of hydrogen-bond donors (Lipinski definition) is 1. The molecule has 0 amide bonds. The molecule has 0 radical (unpaired) electrons. The van der Waals surface area contributed by atoms with Crippen molar-refractivity contribution in [2.24, 2.45) is 0 Å². The minimum Gasteiger partial charge on any atom is -0.372 e. The molecule has 0 aliphatic carbocycles. The van der Waals surface area contributed by atoms with Gasteiger partial charge in [0.15, 0.2) is 0 Å². The summed E-state index contributed by atoms with van der Waals surface area (Å²) in [5, 5.41) is 7.40. The summed E-state index contributed by atoms with van der Waals surface area (Å²) in [4.78, 5) is 11.1. The van der Waals surface area contributed by atoms with E-state index in [4.69, 9.17) is 4.74 Å². The summed E-state index contributed by atoms with van der Waals surface area (Å²) in [5.41, 5.74) is 2.26. The Morgan fingerprint density at radius 2 is 2.35 bits per heavy atom. The Morgan fingerprint density at radius 3 is 3.15 bits per heavy atom. The van der Waals surface area contributed by atoms with Crippen molar-refractivity contribution in [1.82, 2.24) is 14.9 Å². The van der Waals surface area contributed by atoms with Crippen LogP contribution in [0.2, 0.25) is 0 Å². The summed E-state index contributed by atoms with van der Waals surface area (Å²) < 4.78 is 5.87. The van der Waals surface area contributed by atoms with E-state index in [9.17, 15) is 0 Å². The van der Waals surface area contributed by atoms with Crippen molar-refractivity contribution < 1.29 is 4.74 Å². The van der Waals surface area contributed by atoms with E-state index in [2.05, 4.69) is 37.0 Å². The van der Waals surface area contributed by atoms with Crippen molar-refractivity contribution in [2.75, 3.05) is 32.1 Å². The van der Waals surface area contributed by atoms with Gasteiger partial charge in [-0.15, -0.1) is 0 Å². The van der Waals surface area contributed by atoms with Gasteiger partial charge in [0.1, 0.15) is 17.6 Å².